The Kier molecular flexibility index (Phi) is 7.71. The Morgan fingerprint density at radius 3 is 2.79 bits per heavy atom. The Labute approximate surface area is 236 Å². The van der Waals surface area contributed by atoms with Crippen LogP contribution in [0.2, 0.25) is 5.02 Å². The third-order valence-corrected chi connectivity index (χ3v) is 10.1. The minimum atomic E-state index is -1.15. The van der Waals surface area contributed by atoms with Crippen molar-refractivity contribution in [1.82, 2.24) is 29.2 Å². The molecule has 0 aliphatic carbocycles. The topological polar surface area (TPSA) is 186 Å². The summed E-state index contributed by atoms with van der Waals surface area (Å²) in [6.45, 7) is 0.0231. The zero-order valence-electron chi connectivity index (χ0n) is 19.0. The summed E-state index contributed by atoms with van der Waals surface area (Å²) in [5.74, 6) is -1.36. The number of nitrogens with zero attached hydrogens (tertiary/aromatic N) is 6. The van der Waals surface area contributed by atoms with Gasteiger partial charge in [0.05, 0.1) is 6.20 Å². The van der Waals surface area contributed by atoms with E-state index in [2.05, 4.69) is 29.4 Å². The van der Waals surface area contributed by atoms with E-state index in [9.17, 15) is 19.5 Å². The number of anilines is 1. The van der Waals surface area contributed by atoms with Gasteiger partial charge in [-0.3, -0.25) is 14.4 Å². The molecule has 198 valence electrons. The number of hydrogen-bond donors (Lipinski definition) is 3. The summed E-state index contributed by atoms with van der Waals surface area (Å²) in [5, 5.41) is 20.5. The molecule has 3 atom stereocenters. The van der Waals surface area contributed by atoms with Crippen molar-refractivity contribution in [2.45, 2.75) is 15.6 Å². The van der Waals surface area contributed by atoms with Crippen LogP contribution < -0.4 is 15.9 Å². The molecule has 4 heterocycles. The van der Waals surface area contributed by atoms with Gasteiger partial charge in [0.25, 0.3) is 5.91 Å². The van der Waals surface area contributed by atoms with Crippen LogP contribution in [-0.2, 0) is 14.4 Å². The summed E-state index contributed by atoms with van der Waals surface area (Å²) >= 11 is 10.6. The molecule has 2 fully saturated rings. The van der Waals surface area contributed by atoms with Crippen molar-refractivity contribution in [3.8, 4) is 5.75 Å². The van der Waals surface area contributed by atoms with Crippen molar-refractivity contribution in [2.24, 2.45) is 10.6 Å². The molecule has 2 amide bonds. The van der Waals surface area contributed by atoms with E-state index >= 15 is 0 Å². The average Bonchev–Trinajstić information content (AvgIpc) is 3.59. The molecule has 2 saturated heterocycles. The van der Waals surface area contributed by atoms with Gasteiger partial charge in [-0.2, -0.15) is 9.36 Å². The van der Waals surface area contributed by atoms with Gasteiger partial charge < -0.3 is 25.9 Å². The molecule has 0 saturated carbocycles. The lowest BCUT2D eigenvalue weighted by atomic mass is 9.89. The predicted octanol–water partition coefficient (Wildman–Crippen LogP) is 1.67. The number of thioether (sulfide) groups is 2. The monoisotopic (exact) mass is 612 g/mol. The van der Waals surface area contributed by atoms with Crippen molar-refractivity contribution in [3.05, 3.63) is 41.3 Å². The number of aliphatic carboxylic acids is 1. The number of rotatable bonds is 9. The first-order valence-corrected chi connectivity index (χ1v) is 14.7. The number of hydrogen-bond acceptors (Lipinski definition) is 14. The molecule has 2 unspecified atom stereocenters. The number of β-lactam (4-membered cyclic amide) rings is 1. The van der Waals surface area contributed by atoms with E-state index in [1.165, 1.54) is 40.0 Å². The lowest BCUT2D eigenvalue weighted by Gasteiger charge is -2.53. The van der Waals surface area contributed by atoms with Gasteiger partial charge in [0.15, 0.2) is 10.9 Å². The van der Waals surface area contributed by atoms with E-state index in [0.29, 0.717) is 10.8 Å². The highest BCUT2D eigenvalue weighted by molar-refractivity contribution is 8.01. The van der Waals surface area contributed by atoms with Gasteiger partial charge in [-0.1, -0.05) is 21.2 Å². The lowest BCUT2D eigenvalue weighted by Crippen LogP contribution is -2.74. The minimum absolute atomic E-state index is 0.0231. The molecular weight excluding hydrogens is 596 g/mol. The summed E-state index contributed by atoms with van der Waals surface area (Å²) in [6, 6.07) is 5.44. The SMILES string of the molecule is Nc1nc(C(=NOc2ccc(Cl)cc2)C(=O)NC2C(=O)N3CC(CSc4cnns4)(C(=O)O)CS[C@H]23)ns1. The quantitative estimate of drug-likeness (QED) is 0.137. The molecule has 2 aliphatic rings. The van der Waals surface area contributed by atoms with E-state index in [-0.39, 0.29) is 34.7 Å². The summed E-state index contributed by atoms with van der Waals surface area (Å²) in [7, 11) is 0. The van der Waals surface area contributed by atoms with Crippen molar-refractivity contribution < 1.29 is 24.3 Å². The standard InChI is InChI=1S/C20H17ClN8O5S4/c21-9-1-3-10(4-2-9)34-26-12(14-25-19(22)38-27-14)15(30)24-13-16(31)29-6-20(18(32)33,8-36-17(13)29)7-35-11-5-23-28-37-11/h1-5,13,17H,6-8H2,(H,24,30)(H,32,33)(H2,22,25,27)/t13?,17-,20?/m1/s1. The van der Waals surface area contributed by atoms with Crippen LogP contribution in [0, 0.1) is 5.41 Å². The van der Waals surface area contributed by atoms with Crippen LogP contribution in [0.15, 0.2) is 39.8 Å². The van der Waals surface area contributed by atoms with Gasteiger partial charge in [-0.15, -0.1) is 28.6 Å². The molecule has 2 aromatic heterocycles. The van der Waals surface area contributed by atoms with E-state index < -0.39 is 34.6 Å². The van der Waals surface area contributed by atoms with Crippen LogP contribution in [-0.4, -0.2) is 81.9 Å². The largest absolute Gasteiger partial charge is 0.481 e. The van der Waals surface area contributed by atoms with E-state index in [0.717, 1.165) is 15.7 Å². The Morgan fingerprint density at radius 2 is 2.13 bits per heavy atom. The zero-order chi connectivity index (χ0) is 26.9. The Hall–Kier alpha value is -2.99. The van der Waals surface area contributed by atoms with Crippen molar-refractivity contribution in [2.75, 3.05) is 23.8 Å². The maximum atomic E-state index is 13.2. The highest BCUT2D eigenvalue weighted by Gasteiger charge is 2.57. The summed E-state index contributed by atoms with van der Waals surface area (Å²) in [6.07, 6.45) is 1.57. The number of nitrogen functional groups attached to an aromatic ring is 1. The molecule has 13 nitrogen and oxygen atoms in total. The number of aromatic nitrogens is 4. The average molecular weight is 613 g/mol. The smallest absolute Gasteiger partial charge is 0.313 e. The zero-order valence-corrected chi connectivity index (χ0v) is 23.0. The van der Waals surface area contributed by atoms with Crippen LogP contribution in [0.4, 0.5) is 5.13 Å². The van der Waals surface area contributed by atoms with Crippen LogP contribution in [0.1, 0.15) is 5.82 Å². The van der Waals surface area contributed by atoms with Crippen molar-refractivity contribution in [1.29, 1.82) is 0 Å². The first-order chi connectivity index (χ1) is 18.3. The first kappa shape index (κ1) is 26.6. The van der Waals surface area contributed by atoms with Gasteiger partial charge in [-0.05, 0) is 35.8 Å². The molecular formula is C20H17ClN8O5S4. The molecule has 4 N–H and O–H groups in total. The summed E-state index contributed by atoms with van der Waals surface area (Å²) in [4.78, 5) is 49.2. The molecule has 18 heteroatoms. The fourth-order valence-electron chi connectivity index (χ4n) is 3.66. The second-order valence-electron chi connectivity index (χ2n) is 8.17. The number of carboxylic acid groups (broad SMARTS) is 1. The molecule has 38 heavy (non-hydrogen) atoms. The molecule has 0 spiro atoms. The third kappa shape index (κ3) is 5.42. The van der Waals surface area contributed by atoms with Gasteiger partial charge in [0.1, 0.15) is 21.0 Å². The summed E-state index contributed by atoms with van der Waals surface area (Å²) < 4.78 is 8.61. The number of carbonyl (C=O) groups is 3. The normalized spacial score (nSPS) is 22.9. The number of carboxylic acids is 1. The van der Waals surface area contributed by atoms with Gasteiger partial charge >= 0.3 is 5.97 Å². The number of nitrogens with one attached hydrogen (secondary N) is 1. The molecule has 0 radical (unpaired) electrons. The van der Waals surface area contributed by atoms with Crippen LogP contribution >= 0.6 is 58.2 Å². The number of amides is 2. The van der Waals surface area contributed by atoms with Crippen molar-refractivity contribution in [3.63, 3.8) is 0 Å². The highest BCUT2D eigenvalue weighted by Crippen LogP contribution is 2.44. The fraction of sp³-hybridized carbons (Fsp3) is 0.300. The second kappa shape index (κ2) is 11.0. The number of oxime groups is 1. The van der Waals surface area contributed by atoms with Gasteiger partial charge in [0, 0.05) is 34.6 Å². The fourth-order valence-corrected chi connectivity index (χ4v) is 7.50. The van der Waals surface area contributed by atoms with E-state index in [1.54, 1.807) is 30.5 Å². The number of benzene rings is 1. The Balaban J connectivity index is 1.28. The second-order valence-corrected chi connectivity index (χ2v) is 12.6. The third-order valence-electron chi connectivity index (χ3n) is 5.64. The predicted molar refractivity (Wildman–Crippen MR) is 144 cm³/mol. The molecule has 3 aromatic rings. The molecule has 5 rings (SSSR count). The van der Waals surface area contributed by atoms with Crippen LogP contribution in [0.5, 0.6) is 5.75 Å². The lowest BCUT2D eigenvalue weighted by molar-refractivity contribution is -0.157. The highest BCUT2D eigenvalue weighted by atomic mass is 35.5. The maximum Gasteiger partial charge on any atom is 0.313 e. The molecule has 1 aromatic carbocycles. The molecule has 0 bridgehead atoms. The van der Waals surface area contributed by atoms with E-state index in [1.807, 2.05) is 0 Å². The minimum Gasteiger partial charge on any atom is -0.481 e. The summed E-state index contributed by atoms with van der Waals surface area (Å²) in [5.41, 5.74) is 4.26. The Morgan fingerprint density at radius 1 is 1.34 bits per heavy atom. The number of carbonyl (C=O) groups excluding carboxylic acids is 2. The van der Waals surface area contributed by atoms with Crippen LogP contribution in [0.3, 0.4) is 0 Å². The number of nitrogens with two attached hydrogens (primary N) is 1. The molecule has 2 aliphatic heterocycles. The maximum absolute atomic E-state index is 13.2. The van der Waals surface area contributed by atoms with Crippen LogP contribution in [0.25, 0.3) is 0 Å². The van der Waals surface area contributed by atoms with Crippen molar-refractivity contribution >= 4 is 86.8 Å². The first-order valence-electron chi connectivity index (χ1n) is 10.7. The Bertz CT molecular complexity index is 1390. The van der Waals surface area contributed by atoms with Gasteiger partial charge in [0.2, 0.25) is 17.4 Å². The van der Waals surface area contributed by atoms with Gasteiger partial charge in [-0.25, -0.2) is 0 Å². The number of halogens is 1. The van der Waals surface area contributed by atoms with E-state index in [4.69, 9.17) is 22.2 Å². The number of fused-ring (bicyclic) bond motifs is 1.